The average molecular weight is 343 g/mol. The number of amides is 1. The Balaban J connectivity index is 2.67. The van der Waals surface area contributed by atoms with Crippen LogP contribution in [-0.4, -0.2) is 52.3 Å². The number of carboxylic acids is 1. The van der Waals surface area contributed by atoms with Crippen molar-refractivity contribution in [3.8, 4) is 0 Å². The summed E-state index contributed by atoms with van der Waals surface area (Å²) in [5.74, 6) is -1.76. The Bertz CT molecular complexity index is 449. The second-order valence-corrected chi connectivity index (χ2v) is 7.26. The van der Waals surface area contributed by atoms with E-state index in [4.69, 9.17) is 21.5 Å². The van der Waals surface area contributed by atoms with E-state index in [9.17, 15) is 14.7 Å². The summed E-state index contributed by atoms with van der Waals surface area (Å²) in [5, 5.41) is 30.2. The van der Waals surface area contributed by atoms with E-state index in [-0.39, 0.29) is 42.9 Å². The molecule has 0 heterocycles. The maximum atomic E-state index is 12.0. The zero-order chi connectivity index (χ0) is 18.5. The minimum absolute atomic E-state index is 0.00671. The van der Waals surface area contributed by atoms with Gasteiger partial charge >= 0.3 is 13.1 Å². The Morgan fingerprint density at radius 2 is 1.96 bits per heavy atom. The van der Waals surface area contributed by atoms with E-state index in [1.165, 1.54) is 0 Å². The molecule has 0 radical (unpaired) electrons. The van der Waals surface area contributed by atoms with Gasteiger partial charge in [0.05, 0.1) is 6.04 Å². The Labute approximate surface area is 143 Å². The highest BCUT2D eigenvalue weighted by Gasteiger charge is 2.47. The molecule has 0 unspecified atom stereocenters. The van der Waals surface area contributed by atoms with Gasteiger partial charge in [0.15, 0.2) is 0 Å². The van der Waals surface area contributed by atoms with Crippen LogP contribution in [-0.2, 0) is 9.59 Å². The summed E-state index contributed by atoms with van der Waals surface area (Å²) < 4.78 is 0. The number of nitrogens with one attached hydrogen (secondary N) is 1. The van der Waals surface area contributed by atoms with Crippen LogP contribution in [0.1, 0.15) is 39.5 Å². The summed E-state index contributed by atoms with van der Waals surface area (Å²) >= 11 is 0. The Morgan fingerprint density at radius 1 is 1.33 bits per heavy atom. The minimum Gasteiger partial charge on any atom is -0.480 e. The lowest BCUT2D eigenvalue weighted by Gasteiger charge is -2.41. The third-order valence-corrected chi connectivity index (χ3v) is 5.05. The zero-order valence-corrected chi connectivity index (χ0v) is 14.4. The van der Waals surface area contributed by atoms with Crippen LogP contribution < -0.4 is 16.8 Å². The Morgan fingerprint density at radius 3 is 2.46 bits per heavy atom. The summed E-state index contributed by atoms with van der Waals surface area (Å²) in [6.45, 7) is 3.86. The molecule has 24 heavy (non-hydrogen) atoms. The molecule has 0 aromatic rings. The fourth-order valence-electron chi connectivity index (χ4n) is 3.26. The highest BCUT2D eigenvalue weighted by Crippen LogP contribution is 2.38. The molecule has 1 amide bonds. The first-order valence-electron chi connectivity index (χ1n) is 8.49. The molecule has 0 saturated heterocycles. The Hall–Kier alpha value is -1.16. The quantitative estimate of drug-likeness (QED) is 0.313. The van der Waals surface area contributed by atoms with Crippen molar-refractivity contribution in [3.05, 3.63) is 0 Å². The molecule has 8 nitrogen and oxygen atoms in total. The van der Waals surface area contributed by atoms with E-state index >= 15 is 0 Å². The van der Waals surface area contributed by atoms with Crippen molar-refractivity contribution in [1.29, 1.82) is 0 Å². The van der Waals surface area contributed by atoms with Gasteiger partial charge in [-0.15, -0.1) is 0 Å². The lowest BCUT2D eigenvalue weighted by atomic mass is 9.66. The second-order valence-electron chi connectivity index (χ2n) is 7.26. The third kappa shape index (κ3) is 5.44. The standard InChI is InChI=1S/C15H30BN3O5/c1-9(2)12(17)13(20)19-8-11-4-3-10(5-6-16(23)24)7-15(11,18)14(21)22/h9-12,23-24H,3-8,17-18H2,1-2H3,(H,19,20)(H,21,22)/t10-,11-,12+,15+/m0/s1. The fraction of sp³-hybridized carbons (Fsp3) is 0.867. The monoisotopic (exact) mass is 343 g/mol. The van der Waals surface area contributed by atoms with Crippen molar-refractivity contribution >= 4 is 19.0 Å². The SMILES string of the molecule is CC(C)[C@@H](N)C(=O)NC[C@@H]1CC[C@@H](CCB(O)O)C[C@]1(N)C(=O)O. The Kier molecular flexibility index (Phi) is 7.66. The lowest BCUT2D eigenvalue weighted by molar-refractivity contribution is -0.148. The first kappa shape index (κ1) is 20.9. The van der Waals surface area contributed by atoms with Crippen molar-refractivity contribution in [2.45, 2.75) is 57.4 Å². The highest BCUT2D eigenvalue weighted by molar-refractivity contribution is 6.40. The molecule has 1 aliphatic rings. The number of carboxylic acid groups (broad SMARTS) is 1. The summed E-state index contributed by atoms with van der Waals surface area (Å²) in [6, 6.07) is -0.635. The summed E-state index contributed by atoms with van der Waals surface area (Å²) in [5.41, 5.74) is 10.5. The van der Waals surface area contributed by atoms with Crippen molar-refractivity contribution in [2.24, 2.45) is 29.2 Å². The number of aliphatic carboxylic acids is 1. The van der Waals surface area contributed by atoms with Crippen LogP contribution in [0.4, 0.5) is 0 Å². The molecule has 1 saturated carbocycles. The normalized spacial score (nSPS) is 28.5. The summed E-state index contributed by atoms with van der Waals surface area (Å²) in [4.78, 5) is 23.7. The maximum absolute atomic E-state index is 12.0. The number of hydrogen-bond donors (Lipinski definition) is 6. The van der Waals surface area contributed by atoms with Crippen molar-refractivity contribution in [3.63, 3.8) is 0 Å². The predicted octanol–water partition coefficient (Wildman–Crippen LogP) is -0.853. The van der Waals surface area contributed by atoms with Gasteiger partial charge in [-0.1, -0.05) is 20.3 Å². The molecule has 1 rings (SSSR count). The molecule has 1 aliphatic carbocycles. The number of carbonyl (C=O) groups excluding carboxylic acids is 1. The van der Waals surface area contributed by atoms with Crippen LogP contribution in [0.25, 0.3) is 0 Å². The molecule has 138 valence electrons. The maximum Gasteiger partial charge on any atom is 0.451 e. The van der Waals surface area contributed by atoms with Crippen LogP contribution in [0.15, 0.2) is 0 Å². The highest BCUT2D eigenvalue weighted by atomic mass is 16.4. The van der Waals surface area contributed by atoms with Gasteiger partial charge in [-0.3, -0.25) is 9.59 Å². The second kappa shape index (κ2) is 8.80. The van der Waals surface area contributed by atoms with Crippen molar-refractivity contribution in [2.75, 3.05) is 6.54 Å². The molecule has 0 aliphatic heterocycles. The first-order valence-corrected chi connectivity index (χ1v) is 8.49. The van der Waals surface area contributed by atoms with E-state index < -0.39 is 24.7 Å². The number of carbonyl (C=O) groups is 2. The van der Waals surface area contributed by atoms with E-state index in [1.807, 2.05) is 13.8 Å². The van der Waals surface area contributed by atoms with E-state index in [0.29, 0.717) is 12.8 Å². The molecule has 0 aromatic heterocycles. The molecule has 1 fully saturated rings. The molecular weight excluding hydrogens is 313 g/mol. The van der Waals surface area contributed by atoms with Crippen molar-refractivity contribution in [1.82, 2.24) is 5.32 Å². The van der Waals surface area contributed by atoms with Gasteiger partial charge in [0.25, 0.3) is 0 Å². The lowest BCUT2D eigenvalue weighted by Crippen LogP contribution is -2.60. The van der Waals surface area contributed by atoms with Gasteiger partial charge in [0, 0.05) is 12.5 Å². The van der Waals surface area contributed by atoms with Gasteiger partial charge in [-0.2, -0.15) is 0 Å². The van der Waals surface area contributed by atoms with Crippen LogP contribution in [0, 0.1) is 17.8 Å². The number of rotatable bonds is 8. The molecule has 9 heteroatoms. The molecule has 0 spiro atoms. The average Bonchev–Trinajstić information content (AvgIpc) is 2.50. The fourth-order valence-corrected chi connectivity index (χ4v) is 3.26. The van der Waals surface area contributed by atoms with Gasteiger partial charge in [0.2, 0.25) is 5.91 Å². The topological polar surface area (TPSA) is 159 Å². The van der Waals surface area contributed by atoms with Gasteiger partial charge in [-0.05, 0) is 37.4 Å². The van der Waals surface area contributed by atoms with Gasteiger partial charge in [0.1, 0.15) is 5.54 Å². The predicted molar refractivity (Wildman–Crippen MR) is 90.8 cm³/mol. The summed E-state index contributed by atoms with van der Waals surface area (Å²) in [6.07, 6.45) is 2.28. The van der Waals surface area contributed by atoms with Crippen molar-refractivity contribution < 1.29 is 24.7 Å². The van der Waals surface area contributed by atoms with E-state index in [0.717, 1.165) is 6.42 Å². The van der Waals surface area contributed by atoms with Gasteiger partial charge in [-0.25, -0.2) is 0 Å². The van der Waals surface area contributed by atoms with Gasteiger partial charge < -0.3 is 31.9 Å². The van der Waals surface area contributed by atoms with E-state index in [2.05, 4.69) is 5.32 Å². The number of nitrogens with two attached hydrogens (primary N) is 2. The number of hydrogen-bond acceptors (Lipinski definition) is 6. The smallest absolute Gasteiger partial charge is 0.451 e. The van der Waals surface area contributed by atoms with Crippen LogP contribution in [0.5, 0.6) is 0 Å². The van der Waals surface area contributed by atoms with Crippen LogP contribution in [0.3, 0.4) is 0 Å². The molecular formula is C15H30BN3O5. The molecule has 4 atom stereocenters. The zero-order valence-electron chi connectivity index (χ0n) is 14.4. The third-order valence-electron chi connectivity index (χ3n) is 5.05. The molecule has 0 bridgehead atoms. The minimum atomic E-state index is -1.43. The van der Waals surface area contributed by atoms with E-state index in [1.54, 1.807) is 0 Å². The molecule has 0 aromatic carbocycles. The first-order chi connectivity index (χ1) is 11.1. The molecule has 8 N–H and O–H groups in total. The summed E-state index contributed by atoms with van der Waals surface area (Å²) in [7, 11) is -1.39. The largest absolute Gasteiger partial charge is 0.480 e. The van der Waals surface area contributed by atoms with Crippen LogP contribution >= 0.6 is 0 Å². The van der Waals surface area contributed by atoms with Crippen LogP contribution in [0.2, 0.25) is 6.32 Å².